The Hall–Kier alpha value is -1.01. The minimum atomic E-state index is -1.87. The van der Waals surface area contributed by atoms with Crippen LogP contribution < -0.4 is 5.59 Å². The summed E-state index contributed by atoms with van der Waals surface area (Å²) in [4.78, 5) is 6.61. The van der Waals surface area contributed by atoms with Gasteiger partial charge in [0, 0.05) is 0 Å². The maximum atomic E-state index is 12.4. The van der Waals surface area contributed by atoms with E-state index in [-0.39, 0.29) is 0 Å². The quantitative estimate of drug-likeness (QED) is 0.458. The highest BCUT2D eigenvalue weighted by Gasteiger charge is 2.17. The van der Waals surface area contributed by atoms with Crippen molar-refractivity contribution in [1.82, 2.24) is 9.97 Å². The van der Waals surface area contributed by atoms with Crippen LogP contribution in [0.3, 0.4) is 0 Å². The molecule has 0 saturated heterocycles. The summed E-state index contributed by atoms with van der Waals surface area (Å²) in [5, 5.41) is 16.9. The molecule has 1 heterocycles. The van der Waals surface area contributed by atoms with Gasteiger partial charge in [0.25, 0.3) is 0 Å². The summed E-state index contributed by atoms with van der Waals surface area (Å²) in [6.45, 7) is 0. The third kappa shape index (κ3) is 1.28. The minimum Gasteiger partial charge on any atom is -0.422 e. The molecule has 0 aliphatic carbocycles. The Morgan fingerprint density at radius 3 is 2.60 bits per heavy atom. The summed E-state index contributed by atoms with van der Waals surface area (Å²) in [6.07, 6.45) is 1.90. The van der Waals surface area contributed by atoms with E-state index in [9.17, 15) is 4.39 Å². The first-order valence-electron chi connectivity index (χ1n) is 2.53. The lowest BCUT2D eigenvalue weighted by Crippen LogP contribution is -2.35. The predicted molar refractivity (Wildman–Crippen MR) is 31.8 cm³/mol. The fourth-order valence-corrected chi connectivity index (χ4v) is 0.512. The van der Waals surface area contributed by atoms with Crippen molar-refractivity contribution in [3.63, 3.8) is 0 Å². The summed E-state index contributed by atoms with van der Waals surface area (Å²) in [6, 6.07) is 0. The minimum absolute atomic E-state index is 0.407. The van der Waals surface area contributed by atoms with Crippen LogP contribution in [0.15, 0.2) is 12.5 Å². The molecule has 1 aromatic heterocycles. The predicted octanol–water partition coefficient (Wildman–Crippen LogP) is -1.70. The molecule has 0 atom stereocenters. The average molecular weight is 142 g/mol. The molecule has 0 saturated carbocycles. The highest BCUT2D eigenvalue weighted by atomic mass is 19.1. The highest BCUT2D eigenvalue weighted by molar-refractivity contribution is 6.57. The van der Waals surface area contributed by atoms with Gasteiger partial charge >= 0.3 is 7.12 Å². The van der Waals surface area contributed by atoms with E-state index < -0.39 is 18.5 Å². The molecule has 52 valence electrons. The number of hydrogen-bond donors (Lipinski definition) is 2. The van der Waals surface area contributed by atoms with Gasteiger partial charge in [-0.1, -0.05) is 0 Å². The molecule has 0 aromatic carbocycles. The molecule has 0 aliphatic heterocycles. The molecule has 0 unspecified atom stereocenters. The summed E-state index contributed by atoms with van der Waals surface area (Å²) >= 11 is 0. The standard InChI is InChI=1S/C4H4BFN2O2/c6-3-1-7-2-8-4(3)5(9)10/h1-2,9-10H. The zero-order valence-electron chi connectivity index (χ0n) is 4.90. The van der Waals surface area contributed by atoms with Gasteiger partial charge in [-0.2, -0.15) is 0 Å². The van der Waals surface area contributed by atoms with Crippen LogP contribution in [0.1, 0.15) is 0 Å². The number of hydrogen-bond acceptors (Lipinski definition) is 4. The second-order valence-corrected chi connectivity index (χ2v) is 1.63. The van der Waals surface area contributed by atoms with Gasteiger partial charge in [0.05, 0.1) is 6.20 Å². The van der Waals surface area contributed by atoms with Crippen molar-refractivity contribution in [1.29, 1.82) is 0 Å². The number of rotatable bonds is 1. The normalized spacial score (nSPS) is 9.50. The molecule has 0 radical (unpaired) electrons. The third-order valence-electron chi connectivity index (χ3n) is 0.941. The molecule has 0 spiro atoms. The van der Waals surface area contributed by atoms with Crippen molar-refractivity contribution in [3.05, 3.63) is 18.3 Å². The summed E-state index contributed by atoms with van der Waals surface area (Å²) in [5.41, 5.74) is -0.407. The van der Waals surface area contributed by atoms with Crippen molar-refractivity contribution in [2.45, 2.75) is 0 Å². The van der Waals surface area contributed by atoms with Gasteiger partial charge in [0.15, 0.2) is 5.82 Å². The van der Waals surface area contributed by atoms with E-state index in [1.807, 2.05) is 0 Å². The van der Waals surface area contributed by atoms with Gasteiger partial charge in [-0.3, -0.25) is 0 Å². The van der Waals surface area contributed by atoms with E-state index in [1.165, 1.54) is 0 Å². The second kappa shape index (κ2) is 2.72. The van der Waals surface area contributed by atoms with E-state index in [1.54, 1.807) is 0 Å². The van der Waals surface area contributed by atoms with Gasteiger partial charge in [0.2, 0.25) is 0 Å². The Balaban J connectivity index is 3.03. The van der Waals surface area contributed by atoms with Crippen LogP contribution in [0, 0.1) is 5.82 Å². The fourth-order valence-electron chi connectivity index (χ4n) is 0.512. The van der Waals surface area contributed by atoms with E-state index in [4.69, 9.17) is 10.0 Å². The summed E-state index contributed by atoms with van der Waals surface area (Å²) < 4.78 is 12.4. The second-order valence-electron chi connectivity index (χ2n) is 1.63. The molecule has 0 fully saturated rings. The van der Waals surface area contributed by atoms with Crippen LogP contribution in [-0.4, -0.2) is 27.1 Å². The Morgan fingerprint density at radius 1 is 1.50 bits per heavy atom. The van der Waals surface area contributed by atoms with Gasteiger partial charge in [-0.05, 0) is 0 Å². The molecular formula is C4H4BFN2O2. The number of nitrogens with zero attached hydrogens (tertiary/aromatic N) is 2. The largest absolute Gasteiger partial charge is 0.511 e. The molecule has 1 rings (SSSR count). The van der Waals surface area contributed by atoms with Crippen LogP contribution in [-0.2, 0) is 0 Å². The Bertz CT molecular complexity index is 232. The average Bonchev–Trinajstić information content (AvgIpc) is 1.88. The van der Waals surface area contributed by atoms with Gasteiger partial charge in [-0.25, -0.2) is 14.4 Å². The molecule has 0 bridgehead atoms. The lowest BCUT2D eigenvalue weighted by molar-refractivity contribution is 0.420. The van der Waals surface area contributed by atoms with Crippen LogP contribution in [0.5, 0.6) is 0 Å². The molecule has 6 heteroatoms. The highest BCUT2D eigenvalue weighted by Crippen LogP contribution is 1.85. The lowest BCUT2D eigenvalue weighted by Gasteiger charge is -1.96. The van der Waals surface area contributed by atoms with E-state index in [0.29, 0.717) is 0 Å². The number of aromatic nitrogens is 2. The zero-order chi connectivity index (χ0) is 7.56. The zero-order valence-corrected chi connectivity index (χ0v) is 4.90. The first kappa shape index (κ1) is 7.11. The van der Waals surface area contributed by atoms with Crippen molar-refractivity contribution in [2.24, 2.45) is 0 Å². The van der Waals surface area contributed by atoms with E-state index in [2.05, 4.69) is 9.97 Å². The van der Waals surface area contributed by atoms with Gasteiger partial charge in [-0.15, -0.1) is 0 Å². The third-order valence-corrected chi connectivity index (χ3v) is 0.941. The molecule has 4 nitrogen and oxygen atoms in total. The van der Waals surface area contributed by atoms with Crippen LogP contribution >= 0.6 is 0 Å². The number of halogens is 1. The summed E-state index contributed by atoms with van der Waals surface area (Å²) in [7, 11) is -1.87. The maximum Gasteiger partial charge on any atom is 0.511 e. The maximum absolute atomic E-state index is 12.4. The van der Waals surface area contributed by atoms with Crippen molar-refractivity contribution >= 4 is 12.7 Å². The lowest BCUT2D eigenvalue weighted by atomic mass is 9.86. The van der Waals surface area contributed by atoms with Gasteiger partial charge in [0.1, 0.15) is 11.9 Å². The first-order valence-corrected chi connectivity index (χ1v) is 2.53. The van der Waals surface area contributed by atoms with E-state index in [0.717, 1.165) is 12.5 Å². The molecule has 10 heavy (non-hydrogen) atoms. The first-order chi connectivity index (χ1) is 4.72. The van der Waals surface area contributed by atoms with Crippen molar-refractivity contribution in [2.75, 3.05) is 0 Å². The van der Waals surface area contributed by atoms with E-state index >= 15 is 0 Å². The molecule has 0 aliphatic rings. The summed E-state index contributed by atoms with van der Waals surface area (Å²) in [5.74, 6) is -0.822. The SMILES string of the molecule is OB(O)c1ncncc1F. The smallest absolute Gasteiger partial charge is 0.422 e. The monoisotopic (exact) mass is 142 g/mol. The topological polar surface area (TPSA) is 66.2 Å². The van der Waals surface area contributed by atoms with Crippen molar-refractivity contribution < 1.29 is 14.4 Å². The van der Waals surface area contributed by atoms with Crippen LogP contribution in [0.4, 0.5) is 4.39 Å². The molecule has 1 aromatic rings. The van der Waals surface area contributed by atoms with Gasteiger partial charge < -0.3 is 10.0 Å². The molecule has 2 N–H and O–H groups in total. The molecular weight excluding hydrogens is 138 g/mol. The Morgan fingerprint density at radius 2 is 2.20 bits per heavy atom. The molecule has 0 amide bonds. The van der Waals surface area contributed by atoms with Crippen LogP contribution in [0.25, 0.3) is 0 Å². The fraction of sp³-hybridized carbons (Fsp3) is 0. The Kier molecular flexibility index (Phi) is 1.93. The Labute approximate surface area is 56.5 Å². The van der Waals surface area contributed by atoms with Crippen LogP contribution in [0.2, 0.25) is 0 Å². The van der Waals surface area contributed by atoms with Crippen molar-refractivity contribution in [3.8, 4) is 0 Å².